The summed E-state index contributed by atoms with van der Waals surface area (Å²) in [5.74, 6) is -0.502. The highest BCUT2D eigenvalue weighted by Crippen LogP contribution is 2.28. The maximum absolute atomic E-state index is 11.2. The Labute approximate surface area is 70.7 Å². The van der Waals surface area contributed by atoms with E-state index in [-0.39, 0.29) is 6.47 Å². The van der Waals surface area contributed by atoms with E-state index < -0.39 is 11.4 Å². The van der Waals surface area contributed by atoms with E-state index in [0.717, 1.165) is 0 Å². The Balaban J connectivity index is 2.71. The summed E-state index contributed by atoms with van der Waals surface area (Å²) in [4.78, 5) is 21.1. The Morgan fingerprint density at radius 3 is 2.83 bits per heavy atom. The maximum atomic E-state index is 11.2. The number of ether oxygens (including phenoxy) is 1. The minimum Gasteiger partial charge on any atom is -0.395 e. The Hall–Kier alpha value is -1.38. The summed E-state index contributed by atoms with van der Waals surface area (Å²) in [5.41, 5.74) is -0.671. The summed E-state index contributed by atoms with van der Waals surface area (Å²) in [6.45, 7) is 1.90. The maximum Gasteiger partial charge on any atom is 0.323 e. The molecule has 0 heterocycles. The van der Waals surface area contributed by atoms with Crippen molar-refractivity contribution in [3.8, 4) is 0 Å². The molecule has 0 amide bonds. The van der Waals surface area contributed by atoms with Crippen molar-refractivity contribution in [1.82, 2.24) is 0 Å². The first kappa shape index (κ1) is 8.71. The first-order valence-corrected chi connectivity index (χ1v) is 3.68. The molecule has 12 heavy (non-hydrogen) atoms. The van der Waals surface area contributed by atoms with Gasteiger partial charge in [-0.25, -0.2) is 0 Å². The van der Waals surface area contributed by atoms with Crippen molar-refractivity contribution in [2.24, 2.45) is 5.41 Å². The summed E-state index contributed by atoms with van der Waals surface area (Å²) in [7, 11) is 0. The minimum absolute atomic E-state index is 0.166. The fourth-order valence-corrected chi connectivity index (χ4v) is 1.06. The van der Waals surface area contributed by atoms with Gasteiger partial charge in [-0.2, -0.15) is 0 Å². The number of carbonyl (C=O) groups excluding carboxylic acids is 2. The van der Waals surface area contributed by atoms with E-state index in [1.807, 2.05) is 12.2 Å². The molecule has 1 aliphatic carbocycles. The van der Waals surface area contributed by atoms with E-state index in [0.29, 0.717) is 6.42 Å². The third-order valence-electron chi connectivity index (χ3n) is 1.87. The highest BCUT2D eigenvalue weighted by molar-refractivity contribution is 5.84. The lowest BCUT2D eigenvalue weighted by Gasteiger charge is -2.21. The van der Waals surface area contributed by atoms with E-state index in [2.05, 4.69) is 4.74 Å². The van der Waals surface area contributed by atoms with Crippen molar-refractivity contribution in [2.75, 3.05) is 0 Å². The lowest BCUT2D eigenvalue weighted by atomic mass is 9.84. The first-order chi connectivity index (χ1) is 5.69. The average Bonchev–Trinajstić information content (AvgIpc) is 2.06. The van der Waals surface area contributed by atoms with Crippen LogP contribution < -0.4 is 0 Å². The van der Waals surface area contributed by atoms with Crippen LogP contribution in [0.4, 0.5) is 0 Å². The summed E-state index contributed by atoms with van der Waals surface area (Å²) < 4.78 is 4.28. The smallest absolute Gasteiger partial charge is 0.323 e. The van der Waals surface area contributed by atoms with Gasteiger partial charge in [0.15, 0.2) is 0 Å². The van der Waals surface area contributed by atoms with Gasteiger partial charge in [0.1, 0.15) is 0 Å². The monoisotopic (exact) mass is 166 g/mol. The molecule has 0 aromatic carbocycles. The van der Waals surface area contributed by atoms with E-state index in [9.17, 15) is 9.59 Å². The molecule has 0 spiro atoms. The van der Waals surface area contributed by atoms with Crippen LogP contribution in [-0.4, -0.2) is 12.4 Å². The van der Waals surface area contributed by atoms with E-state index in [4.69, 9.17) is 0 Å². The molecule has 0 saturated heterocycles. The molecule has 0 aromatic rings. The van der Waals surface area contributed by atoms with Gasteiger partial charge in [0.2, 0.25) is 0 Å². The fourth-order valence-electron chi connectivity index (χ4n) is 1.06. The molecule has 1 rings (SSSR count). The largest absolute Gasteiger partial charge is 0.395 e. The van der Waals surface area contributed by atoms with Crippen LogP contribution in [0.25, 0.3) is 0 Å². The SMILES string of the molecule is CC1(C(=O)OC=O)C=CC=CC1. The van der Waals surface area contributed by atoms with E-state index in [1.54, 1.807) is 19.1 Å². The number of hydrogen-bond acceptors (Lipinski definition) is 3. The molecule has 0 bridgehead atoms. The lowest BCUT2D eigenvalue weighted by Crippen LogP contribution is -2.27. The van der Waals surface area contributed by atoms with Crippen LogP contribution in [0.2, 0.25) is 0 Å². The molecule has 1 unspecified atom stereocenters. The molecule has 64 valence electrons. The van der Waals surface area contributed by atoms with Gasteiger partial charge in [-0.15, -0.1) is 0 Å². The molecule has 0 aromatic heterocycles. The van der Waals surface area contributed by atoms with E-state index in [1.165, 1.54) is 0 Å². The predicted octanol–water partition coefficient (Wildman–Crippen LogP) is 1.21. The van der Waals surface area contributed by atoms with Gasteiger partial charge in [-0.3, -0.25) is 9.59 Å². The van der Waals surface area contributed by atoms with Crippen LogP contribution in [0.15, 0.2) is 24.3 Å². The third kappa shape index (κ3) is 1.61. The second-order valence-corrected chi connectivity index (χ2v) is 2.91. The molecule has 3 heteroatoms. The van der Waals surface area contributed by atoms with Crippen LogP contribution in [0.5, 0.6) is 0 Å². The first-order valence-electron chi connectivity index (χ1n) is 3.68. The molecule has 0 radical (unpaired) electrons. The summed E-state index contributed by atoms with van der Waals surface area (Å²) in [6.07, 6.45) is 7.81. The van der Waals surface area contributed by atoms with Crippen molar-refractivity contribution in [3.63, 3.8) is 0 Å². The van der Waals surface area contributed by atoms with Gasteiger partial charge < -0.3 is 4.74 Å². The normalized spacial score (nSPS) is 26.8. The van der Waals surface area contributed by atoms with Crippen molar-refractivity contribution in [3.05, 3.63) is 24.3 Å². The number of allylic oxidation sites excluding steroid dienone is 3. The van der Waals surface area contributed by atoms with Crippen LogP contribution >= 0.6 is 0 Å². The number of rotatable bonds is 2. The highest BCUT2D eigenvalue weighted by Gasteiger charge is 2.31. The van der Waals surface area contributed by atoms with Gasteiger partial charge in [0, 0.05) is 0 Å². The van der Waals surface area contributed by atoms with Crippen molar-refractivity contribution in [2.45, 2.75) is 13.3 Å². The number of hydrogen-bond donors (Lipinski definition) is 0. The Morgan fingerprint density at radius 2 is 2.33 bits per heavy atom. The summed E-state index contributed by atoms with van der Waals surface area (Å²) >= 11 is 0. The van der Waals surface area contributed by atoms with Crippen LogP contribution in [0.1, 0.15) is 13.3 Å². The summed E-state index contributed by atoms with van der Waals surface area (Å²) in [6, 6.07) is 0. The molecule has 0 saturated carbocycles. The lowest BCUT2D eigenvalue weighted by molar-refractivity contribution is -0.157. The molecule has 3 nitrogen and oxygen atoms in total. The molecule has 1 aliphatic rings. The topological polar surface area (TPSA) is 43.4 Å². The van der Waals surface area contributed by atoms with Crippen molar-refractivity contribution < 1.29 is 14.3 Å². The van der Waals surface area contributed by atoms with Crippen LogP contribution in [-0.2, 0) is 14.3 Å². The molecule has 1 atom stereocenters. The standard InChI is InChI=1S/C9H10O3/c1-9(8(11)12-7-10)5-3-2-4-6-9/h2-5,7H,6H2,1H3. The second kappa shape index (κ2) is 3.34. The van der Waals surface area contributed by atoms with E-state index >= 15 is 0 Å². The van der Waals surface area contributed by atoms with Crippen molar-refractivity contribution in [1.29, 1.82) is 0 Å². The molecule has 0 fully saturated rings. The predicted molar refractivity (Wildman–Crippen MR) is 43.2 cm³/mol. The Kier molecular flexibility index (Phi) is 2.43. The van der Waals surface area contributed by atoms with Crippen LogP contribution in [0, 0.1) is 5.41 Å². The van der Waals surface area contributed by atoms with Gasteiger partial charge in [0.25, 0.3) is 0 Å². The molecular formula is C9H10O3. The average molecular weight is 166 g/mol. The molecular weight excluding hydrogens is 156 g/mol. The minimum atomic E-state index is -0.671. The Morgan fingerprint density at radius 1 is 1.58 bits per heavy atom. The Bertz CT molecular complexity index is 252. The number of esters is 1. The van der Waals surface area contributed by atoms with Gasteiger partial charge >= 0.3 is 12.4 Å². The third-order valence-corrected chi connectivity index (χ3v) is 1.87. The van der Waals surface area contributed by atoms with Gasteiger partial charge in [0.05, 0.1) is 5.41 Å². The molecule has 0 N–H and O–H groups in total. The zero-order chi connectivity index (χ0) is 9.03. The molecule has 0 aliphatic heterocycles. The van der Waals surface area contributed by atoms with Crippen LogP contribution in [0.3, 0.4) is 0 Å². The summed E-state index contributed by atoms with van der Waals surface area (Å²) in [5, 5.41) is 0. The van der Waals surface area contributed by atoms with Gasteiger partial charge in [-0.05, 0) is 13.3 Å². The van der Waals surface area contributed by atoms with Gasteiger partial charge in [-0.1, -0.05) is 24.3 Å². The quantitative estimate of drug-likeness (QED) is 0.352. The van der Waals surface area contributed by atoms with Crippen molar-refractivity contribution >= 4 is 12.4 Å². The second-order valence-electron chi connectivity index (χ2n) is 2.91. The zero-order valence-electron chi connectivity index (χ0n) is 6.82. The highest BCUT2D eigenvalue weighted by atomic mass is 16.6. The zero-order valence-corrected chi connectivity index (χ0v) is 6.82. The number of carbonyl (C=O) groups is 2. The fraction of sp³-hybridized carbons (Fsp3) is 0.333.